The van der Waals surface area contributed by atoms with E-state index in [0.717, 1.165) is 12.1 Å². The lowest BCUT2D eigenvalue weighted by Gasteiger charge is -2.09. The van der Waals surface area contributed by atoms with Gasteiger partial charge in [0.05, 0.1) is 18.0 Å². The van der Waals surface area contributed by atoms with Crippen molar-refractivity contribution in [2.24, 2.45) is 7.05 Å². The van der Waals surface area contributed by atoms with Gasteiger partial charge in [-0.3, -0.25) is 9.48 Å². The lowest BCUT2D eigenvalue weighted by Crippen LogP contribution is -2.27. The molecule has 1 heterocycles. The Bertz CT molecular complexity index is 569. The maximum atomic E-state index is 11.9. The highest BCUT2D eigenvalue weighted by Crippen LogP contribution is 2.09. The van der Waals surface area contributed by atoms with Crippen LogP contribution in [0.1, 0.15) is 26.0 Å². The van der Waals surface area contributed by atoms with Crippen LogP contribution in [-0.2, 0) is 29.9 Å². The summed E-state index contributed by atoms with van der Waals surface area (Å²) < 4.78 is 26.0. The Hall–Kier alpha value is -1.24. The van der Waals surface area contributed by atoms with Crippen LogP contribution < -0.4 is 11.3 Å². The van der Waals surface area contributed by atoms with Gasteiger partial charge in [0.25, 0.3) is 5.56 Å². The van der Waals surface area contributed by atoms with Crippen molar-refractivity contribution in [2.75, 3.05) is 17.2 Å². The Morgan fingerprint density at radius 2 is 1.89 bits per heavy atom. The van der Waals surface area contributed by atoms with E-state index in [4.69, 9.17) is 5.73 Å². The lowest BCUT2D eigenvalue weighted by molar-refractivity contribution is 0.497. The third kappa shape index (κ3) is 2.95. The largest absolute Gasteiger partial charge is 0.393 e. The molecule has 18 heavy (non-hydrogen) atoms. The fourth-order valence-electron chi connectivity index (χ4n) is 1.87. The van der Waals surface area contributed by atoms with Gasteiger partial charge in [-0.25, -0.2) is 13.1 Å². The first-order valence-electron chi connectivity index (χ1n) is 6.08. The zero-order valence-corrected chi connectivity index (χ0v) is 12.0. The fourth-order valence-corrected chi connectivity index (χ4v) is 2.61. The highest BCUT2D eigenvalue weighted by Gasteiger charge is 2.16. The molecule has 1 aromatic heterocycles. The smallest absolute Gasteiger partial charge is 0.290 e. The average molecular weight is 275 g/mol. The van der Waals surface area contributed by atoms with Crippen molar-refractivity contribution in [1.82, 2.24) is 9.36 Å². The molecule has 0 aromatic carbocycles. The maximum Gasteiger partial charge on any atom is 0.290 e. The van der Waals surface area contributed by atoms with Crippen LogP contribution in [0.4, 0.5) is 5.69 Å². The summed E-state index contributed by atoms with van der Waals surface area (Å²) >= 11 is 0. The molecular formula is C11H21N3O3S. The first kappa shape index (κ1) is 14.8. The molecule has 0 saturated carbocycles. The van der Waals surface area contributed by atoms with Crippen LogP contribution in [0.2, 0.25) is 0 Å². The topological polar surface area (TPSA) is 87.1 Å². The molecular weight excluding hydrogens is 254 g/mol. The van der Waals surface area contributed by atoms with Crippen molar-refractivity contribution in [2.45, 2.75) is 33.2 Å². The molecule has 6 nitrogen and oxygen atoms in total. The van der Waals surface area contributed by atoms with Crippen LogP contribution in [-0.4, -0.2) is 29.3 Å². The summed E-state index contributed by atoms with van der Waals surface area (Å²) in [6.45, 7) is 3.75. The SMILES string of the molecule is CCCc1c(N)c(=O)n(CCS(=O)(=O)CC)n1C. The molecule has 0 unspecified atom stereocenters. The summed E-state index contributed by atoms with van der Waals surface area (Å²) in [5.74, 6) is 0.0513. The van der Waals surface area contributed by atoms with Crippen molar-refractivity contribution < 1.29 is 8.42 Å². The second-order valence-corrected chi connectivity index (χ2v) is 6.77. The van der Waals surface area contributed by atoms with Gasteiger partial charge < -0.3 is 5.73 Å². The number of aromatic nitrogens is 2. The quantitative estimate of drug-likeness (QED) is 0.801. The van der Waals surface area contributed by atoms with Gasteiger partial charge in [0.1, 0.15) is 5.69 Å². The van der Waals surface area contributed by atoms with Crippen LogP contribution in [0.5, 0.6) is 0 Å². The maximum absolute atomic E-state index is 11.9. The molecule has 1 aromatic rings. The van der Waals surface area contributed by atoms with Gasteiger partial charge in [0.15, 0.2) is 9.84 Å². The minimum atomic E-state index is -3.08. The van der Waals surface area contributed by atoms with Crippen molar-refractivity contribution >= 4 is 15.5 Å². The number of nitrogens with zero attached hydrogens (tertiary/aromatic N) is 2. The Labute approximate surface area is 107 Å². The first-order valence-corrected chi connectivity index (χ1v) is 7.90. The van der Waals surface area contributed by atoms with Gasteiger partial charge in [-0.1, -0.05) is 20.3 Å². The van der Waals surface area contributed by atoms with E-state index in [2.05, 4.69) is 0 Å². The second-order valence-electron chi connectivity index (χ2n) is 4.30. The van der Waals surface area contributed by atoms with E-state index in [1.165, 1.54) is 4.68 Å². The van der Waals surface area contributed by atoms with Gasteiger partial charge in [-0.15, -0.1) is 0 Å². The Kier molecular flexibility index (Phi) is 4.61. The molecule has 0 radical (unpaired) electrons. The molecule has 7 heteroatoms. The summed E-state index contributed by atoms with van der Waals surface area (Å²) in [6, 6.07) is 0. The average Bonchev–Trinajstić information content (AvgIpc) is 2.52. The van der Waals surface area contributed by atoms with Crippen molar-refractivity contribution in [3.05, 3.63) is 16.0 Å². The van der Waals surface area contributed by atoms with E-state index in [1.807, 2.05) is 6.92 Å². The molecule has 0 aliphatic rings. The molecule has 104 valence electrons. The number of sulfone groups is 1. The van der Waals surface area contributed by atoms with Crippen LogP contribution in [0.15, 0.2) is 4.79 Å². The fraction of sp³-hybridized carbons (Fsp3) is 0.727. The van der Waals surface area contributed by atoms with E-state index >= 15 is 0 Å². The summed E-state index contributed by atoms with van der Waals surface area (Å²) in [5.41, 5.74) is 6.46. The normalized spacial score (nSPS) is 11.9. The second kappa shape index (κ2) is 5.60. The highest BCUT2D eigenvalue weighted by molar-refractivity contribution is 7.91. The minimum Gasteiger partial charge on any atom is -0.393 e. The molecule has 0 fully saturated rings. The molecule has 1 rings (SSSR count). The lowest BCUT2D eigenvalue weighted by atomic mass is 10.2. The Morgan fingerprint density at radius 3 is 2.39 bits per heavy atom. The Balaban J connectivity index is 3.04. The molecule has 0 bridgehead atoms. The molecule has 0 aliphatic carbocycles. The van der Waals surface area contributed by atoms with Crippen molar-refractivity contribution in [1.29, 1.82) is 0 Å². The van der Waals surface area contributed by atoms with Crippen molar-refractivity contribution in [3.63, 3.8) is 0 Å². The predicted molar refractivity (Wildman–Crippen MR) is 72.4 cm³/mol. The zero-order chi connectivity index (χ0) is 13.9. The van der Waals surface area contributed by atoms with Crippen LogP contribution in [0.25, 0.3) is 0 Å². The summed E-state index contributed by atoms with van der Waals surface area (Å²) in [5, 5.41) is 0. The third-order valence-corrected chi connectivity index (χ3v) is 4.75. The van der Waals surface area contributed by atoms with Gasteiger partial charge in [-0.2, -0.15) is 0 Å². The first-order chi connectivity index (χ1) is 8.34. The highest BCUT2D eigenvalue weighted by atomic mass is 32.2. The standard InChI is InChI=1S/C11H21N3O3S/c1-4-6-9-10(12)11(15)14(13(9)3)7-8-18(16,17)5-2/h4-8,12H2,1-3H3. The molecule has 2 N–H and O–H groups in total. The minimum absolute atomic E-state index is 0.0355. The number of hydrogen-bond donors (Lipinski definition) is 1. The third-order valence-electron chi connectivity index (χ3n) is 3.07. The molecule has 0 saturated heterocycles. The number of anilines is 1. The van der Waals surface area contributed by atoms with E-state index in [1.54, 1.807) is 18.7 Å². The van der Waals surface area contributed by atoms with E-state index < -0.39 is 9.84 Å². The number of rotatable bonds is 6. The Morgan fingerprint density at radius 1 is 1.28 bits per heavy atom. The van der Waals surface area contributed by atoms with Crippen LogP contribution in [0.3, 0.4) is 0 Å². The monoisotopic (exact) mass is 275 g/mol. The van der Waals surface area contributed by atoms with Crippen LogP contribution >= 0.6 is 0 Å². The summed E-state index contributed by atoms with van der Waals surface area (Å²) in [7, 11) is -1.34. The van der Waals surface area contributed by atoms with E-state index in [0.29, 0.717) is 6.42 Å². The zero-order valence-electron chi connectivity index (χ0n) is 11.1. The molecule has 0 spiro atoms. The van der Waals surface area contributed by atoms with E-state index in [-0.39, 0.29) is 29.3 Å². The van der Waals surface area contributed by atoms with Crippen molar-refractivity contribution in [3.8, 4) is 0 Å². The number of hydrogen-bond acceptors (Lipinski definition) is 4. The van der Waals surface area contributed by atoms with Gasteiger partial charge in [0.2, 0.25) is 0 Å². The number of nitrogen functional groups attached to an aromatic ring is 1. The summed E-state index contributed by atoms with van der Waals surface area (Å²) in [4.78, 5) is 11.9. The van der Waals surface area contributed by atoms with Gasteiger partial charge >= 0.3 is 0 Å². The summed E-state index contributed by atoms with van der Waals surface area (Å²) in [6.07, 6.45) is 1.60. The predicted octanol–water partition coefficient (Wildman–Crippen LogP) is 0.156. The van der Waals surface area contributed by atoms with E-state index in [9.17, 15) is 13.2 Å². The van der Waals surface area contributed by atoms with Gasteiger partial charge in [0, 0.05) is 12.8 Å². The number of nitrogens with two attached hydrogens (primary N) is 1. The van der Waals surface area contributed by atoms with Crippen LogP contribution in [0, 0.1) is 0 Å². The molecule has 0 amide bonds. The van der Waals surface area contributed by atoms with Gasteiger partial charge in [-0.05, 0) is 6.42 Å². The molecule has 0 aliphatic heterocycles. The molecule has 0 atom stereocenters.